The number of unbranched alkanes of at least 4 members (excludes halogenated alkanes) is 7. The normalized spacial score (nSPS) is 11.5. The van der Waals surface area contributed by atoms with Gasteiger partial charge in [-0.05, 0) is 63.1 Å². The largest absolute Gasteiger partial charge is 0.481 e. The van der Waals surface area contributed by atoms with Gasteiger partial charge in [0, 0.05) is 6.42 Å². The van der Waals surface area contributed by atoms with E-state index in [9.17, 15) is 4.79 Å². The van der Waals surface area contributed by atoms with E-state index < -0.39 is 5.97 Å². The molecule has 0 aliphatic carbocycles. The van der Waals surface area contributed by atoms with E-state index in [-0.39, 0.29) is 0 Å². The molecule has 0 aliphatic rings. The quantitative estimate of drug-likeness (QED) is 0.175. The molecule has 1 N–H and O–H groups in total. The van der Waals surface area contributed by atoms with E-state index in [1.165, 1.54) is 96.7 Å². The van der Waals surface area contributed by atoms with E-state index in [1.54, 1.807) is 0 Å². The third kappa shape index (κ3) is 31.6. The zero-order valence-corrected chi connectivity index (χ0v) is 23.3. The van der Waals surface area contributed by atoms with E-state index in [4.69, 9.17) is 5.11 Å². The second-order valence-corrected chi connectivity index (χ2v) is 11.1. The maximum atomic E-state index is 9.76. The summed E-state index contributed by atoms with van der Waals surface area (Å²) in [6.45, 7) is 20.1. The van der Waals surface area contributed by atoms with Gasteiger partial charge in [-0.3, -0.25) is 4.79 Å². The van der Waals surface area contributed by atoms with Crippen LogP contribution in [0, 0.1) is 17.8 Å². The van der Waals surface area contributed by atoms with Crippen LogP contribution in [0.15, 0.2) is 0 Å². The van der Waals surface area contributed by atoms with Gasteiger partial charge in [0.15, 0.2) is 0 Å². The number of carbonyl (C=O) groups is 1. The van der Waals surface area contributed by atoms with E-state index in [1.807, 2.05) is 6.92 Å². The van der Waals surface area contributed by atoms with Crippen molar-refractivity contribution in [1.29, 1.82) is 0 Å². The van der Waals surface area contributed by atoms with Crippen LogP contribution in [0.3, 0.4) is 0 Å². The summed E-state index contributed by atoms with van der Waals surface area (Å²) >= 11 is 0. The lowest BCUT2D eigenvalue weighted by Gasteiger charge is -2.22. The van der Waals surface area contributed by atoms with Gasteiger partial charge < -0.3 is 10.0 Å². The smallest absolute Gasteiger partial charge is 0.303 e. The first kappa shape index (κ1) is 33.6. The summed E-state index contributed by atoms with van der Waals surface area (Å²) in [5.41, 5.74) is 0. The Balaban J connectivity index is 0. The monoisotopic (exact) mass is 455 g/mol. The molecule has 0 aliphatic heterocycles. The molecule has 0 atom stereocenters. The lowest BCUT2D eigenvalue weighted by atomic mass is 10.0. The van der Waals surface area contributed by atoms with Crippen LogP contribution in [0.25, 0.3) is 0 Å². The molecule has 0 aromatic rings. The maximum Gasteiger partial charge on any atom is 0.303 e. The molecule has 0 aromatic heterocycles. The molecule has 32 heavy (non-hydrogen) atoms. The van der Waals surface area contributed by atoms with E-state index in [0.717, 1.165) is 30.6 Å². The molecular formula is C29H61NO2. The van der Waals surface area contributed by atoms with Crippen LogP contribution < -0.4 is 0 Å². The van der Waals surface area contributed by atoms with Gasteiger partial charge in [0.1, 0.15) is 0 Å². The topological polar surface area (TPSA) is 40.5 Å². The molecule has 194 valence electrons. The van der Waals surface area contributed by atoms with Gasteiger partial charge in [-0.15, -0.1) is 0 Å². The van der Waals surface area contributed by atoms with Crippen molar-refractivity contribution >= 4 is 5.97 Å². The molecule has 0 spiro atoms. The molecule has 0 bridgehead atoms. The molecule has 0 aromatic carbocycles. The van der Waals surface area contributed by atoms with Gasteiger partial charge in [0.2, 0.25) is 0 Å². The van der Waals surface area contributed by atoms with Crippen LogP contribution in [0.1, 0.15) is 145 Å². The lowest BCUT2D eigenvalue weighted by molar-refractivity contribution is -0.137. The fourth-order valence-corrected chi connectivity index (χ4v) is 3.86. The number of carboxylic acids is 1. The first-order chi connectivity index (χ1) is 15.2. The number of hydrogen-bond donors (Lipinski definition) is 1. The van der Waals surface area contributed by atoms with Crippen molar-refractivity contribution in [3.05, 3.63) is 0 Å². The minimum absolute atomic E-state index is 0.316. The highest BCUT2D eigenvalue weighted by Gasteiger charge is 2.06. The van der Waals surface area contributed by atoms with Crippen LogP contribution in [0.2, 0.25) is 0 Å². The second-order valence-electron chi connectivity index (χ2n) is 11.1. The Hall–Kier alpha value is -0.570. The van der Waals surface area contributed by atoms with Gasteiger partial charge in [-0.25, -0.2) is 0 Å². The summed E-state index contributed by atoms with van der Waals surface area (Å²) in [6.07, 6.45) is 19.1. The van der Waals surface area contributed by atoms with Crippen molar-refractivity contribution in [2.45, 2.75) is 145 Å². The van der Waals surface area contributed by atoms with Gasteiger partial charge in [0.05, 0.1) is 0 Å². The van der Waals surface area contributed by atoms with Crippen molar-refractivity contribution in [3.63, 3.8) is 0 Å². The van der Waals surface area contributed by atoms with Gasteiger partial charge in [-0.2, -0.15) is 0 Å². The Morgan fingerprint density at radius 1 is 0.594 bits per heavy atom. The SMILES string of the molecule is CC(C)CCCCCN(CCCCCC(C)C)CCCCCC(C)C.CCCCC(=O)O. The summed E-state index contributed by atoms with van der Waals surface area (Å²) < 4.78 is 0. The Kier molecular flexibility index (Phi) is 26.3. The Bertz CT molecular complexity index is 337. The summed E-state index contributed by atoms with van der Waals surface area (Å²) in [5.74, 6) is 1.93. The first-order valence-corrected chi connectivity index (χ1v) is 14.1. The zero-order chi connectivity index (χ0) is 24.6. The van der Waals surface area contributed by atoms with Crippen molar-refractivity contribution < 1.29 is 9.90 Å². The fraction of sp³-hybridized carbons (Fsp3) is 0.966. The van der Waals surface area contributed by atoms with Crippen molar-refractivity contribution in [2.75, 3.05) is 19.6 Å². The van der Waals surface area contributed by atoms with E-state index in [0.29, 0.717) is 6.42 Å². The standard InChI is InChI=1S/C24H51N.C5H10O2/c1-22(2)16-10-7-13-19-25(20-14-8-11-17-23(3)4)21-15-9-12-18-24(5)6;1-2-3-4-5(6)7/h22-24H,7-21H2,1-6H3;2-4H2,1H3,(H,6,7). The molecule has 0 unspecified atom stereocenters. The molecule has 0 saturated carbocycles. The average Bonchev–Trinajstić information content (AvgIpc) is 2.70. The predicted octanol–water partition coefficient (Wildman–Crippen LogP) is 9.20. The summed E-state index contributed by atoms with van der Waals surface area (Å²) in [7, 11) is 0. The molecule has 0 rings (SSSR count). The highest BCUT2D eigenvalue weighted by molar-refractivity contribution is 5.66. The highest BCUT2D eigenvalue weighted by Crippen LogP contribution is 2.13. The molecule has 0 heterocycles. The molecule has 3 nitrogen and oxygen atoms in total. The van der Waals surface area contributed by atoms with E-state index >= 15 is 0 Å². The summed E-state index contributed by atoms with van der Waals surface area (Å²) in [4.78, 5) is 12.5. The number of carboxylic acid groups (broad SMARTS) is 1. The van der Waals surface area contributed by atoms with Crippen molar-refractivity contribution in [1.82, 2.24) is 4.90 Å². The third-order valence-corrected chi connectivity index (χ3v) is 6.01. The second kappa shape index (κ2) is 25.1. The minimum atomic E-state index is -0.693. The molecule has 0 radical (unpaired) electrons. The summed E-state index contributed by atoms with van der Waals surface area (Å²) in [5, 5.41) is 8.04. The Morgan fingerprint density at radius 3 is 1.16 bits per heavy atom. The van der Waals surface area contributed by atoms with Crippen LogP contribution >= 0.6 is 0 Å². The van der Waals surface area contributed by atoms with Crippen LogP contribution in [0.5, 0.6) is 0 Å². The van der Waals surface area contributed by atoms with Crippen LogP contribution in [0.4, 0.5) is 0 Å². The highest BCUT2D eigenvalue weighted by atomic mass is 16.4. The molecule has 0 fully saturated rings. The fourth-order valence-electron chi connectivity index (χ4n) is 3.86. The van der Waals surface area contributed by atoms with Crippen LogP contribution in [-0.2, 0) is 4.79 Å². The molecule has 0 amide bonds. The number of hydrogen-bond acceptors (Lipinski definition) is 2. The number of aliphatic carboxylic acids is 1. The molecule has 0 saturated heterocycles. The maximum absolute atomic E-state index is 9.76. The zero-order valence-electron chi connectivity index (χ0n) is 23.3. The minimum Gasteiger partial charge on any atom is -0.481 e. The van der Waals surface area contributed by atoms with Gasteiger partial charge >= 0.3 is 5.97 Å². The first-order valence-electron chi connectivity index (χ1n) is 14.1. The molecular weight excluding hydrogens is 394 g/mol. The third-order valence-electron chi connectivity index (χ3n) is 6.01. The van der Waals surface area contributed by atoms with Crippen molar-refractivity contribution in [2.24, 2.45) is 17.8 Å². The molecule has 3 heteroatoms. The van der Waals surface area contributed by atoms with Crippen LogP contribution in [-0.4, -0.2) is 35.6 Å². The van der Waals surface area contributed by atoms with E-state index in [2.05, 4.69) is 46.4 Å². The lowest BCUT2D eigenvalue weighted by Crippen LogP contribution is -2.27. The Morgan fingerprint density at radius 2 is 0.938 bits per heavy atom. The predicted molar refractivity (Wildman–Crippen MR) is 144 cm³/mol. The van der Waals surface area contributed by atoms with Gasteiger partial charge in [0.25, 0.3) is 0 Å². The van der Waals surface area contributed by atoms with Gasteiger partial charge in [-0.1, -0.05) is 113 Å². The summed E-state index contributed by atoms with van der Waals surface area (Å²) in [6, 6.07) is 0. The Labute approximate surface area is 203 Å². The average molecular weight is 456 g/mol. The number of rotatable bonds is 21. The van der Waals surface area contributed by atoms with Crippen molar-refractivity contribution in [3.8, 4) is 0 Å². The number of nitrogens with zero attached hydrogens (tertiary/aromatic N) is 1.